The summed E-state index contributed by atoms with van der Waals surface area (Å²) in [6.45, 7) is 3.77. The maximum Gasteiger partial charge on any atom is 0.161 e. The predicted molar refractivity (Wildman–Crippen MR) is 82.8 cm³/mol. The van der Waals surface area contributed by atoms with Gasteiger partial charge in [-0.25, -0.2) is 0 Å². The SMILES string of the molecule is CCOc1ccccc1OCCNc1ccc(C#N)cc1. The van der Waals surface area contributed by atoms with Crippen LogP contribution in [-0.4, -0.2) is 19.8 Å². The Morgan fingerprint density at radius 3 is 2.29 bits per heavy atom. The van der Waals surface area contributed by atoms with Crippen LogP contribution < -0.4 is 14.8 Å². The van der Waals surface area contributed by atoms with Crippen molar-refractivity contribution in [2.24, 2.45) is 0 Å². The van der Waals surface area contributed by atoms with E-state index in [2.05, 4.69) is 11.4 Å². The molecule has 0 heterocycles. The first-order valence-electron chi connectivity index (χ1n) is 6.92. The second kappa shape index (κ2) is 7.81. The van der Waals surface area contributed by atoms with Gasteiger partial charge in [-0.15, -0.1) is 0 Å². The summed E-state index contributed by atoms with van der Waals surface area (Å²) in [5.41, 5.74) is 1.62. The molecule has 2 aromatic rings. The minimum atomic E-state index is 0.532. The van der Waals surface area contributed by atoms with Crippen LogP contribution in [0.3, 0.4) is 0 Å². The van der Waals surface area contributed by atoms with Crippen LogP contribution in [-0.2, 0) is 0 Å². The lowest BCUT2D eigenvalue weighted by atomic mass is 10.2. The largest absolute Gasteiger partial charge is 0.490 e. The van der Waals surface area contributed by atoms with Crippen molar-refractivity contribution in [3.63, 3.8) is 0 Å². The number of rotatable bonds is 7. The van der Waals surface area contributed by atoms with Crippen molar-refractivity contribution in [2.75, 3.05) is 25.1 Å². The molecule has 4 heteroatoms. The van der Waals surface area contributed by atoms with E-state index in [1.54, 1.807) is 12.1 Å². The number of ether oxygens (including phenoxy) is 2. The highest BCUT2D eigenvalue weighted by atomic mass is 16.5. The fourth-order valence-electron chi connectivity index (χ4n) is 1.86. The van der Waals surface area contributed by atoms with Crippen molar-refractivity contribution in [1.29, 1.82) is 5.26 Å². The van der Waals surface area contributed by atoms with Crippen LogP contribution in [0.1, 0.15) is 12.5 Å². The minimum absolute atomic E-state index is 0.532. The smallest absolute Gasteiger partial charge is 0.161 e. The van der Waals surface area contributed by atoms with E-state index in [0.29, 0.717) is 25.3 Å². The van der Waals surface area contributed by atoms with Gasteiger partial charge < -0.3 is 14.8 Å². The standard InChI is InChI=1S/C17H18N2O2/c1-2-20-16-5-3-4-6-17(16)21-12-11-19-15-9-7-14(13-18)8-10-15/h3-10,19H,2,11-12H2,1H3. The summed E-state index contributed by atoms with van der Waals surface area (Å²) in [5, 5.41) is 12.0. The van der Waals surface area contributed by atoms with E-state index in [9.17, 15) is 0 Å². The summed E-state index contributed by atoms with van der Waals surface area (Å²) in [7, 11) is 0. The van der Waals surface area contributed by atoms with E-state index in [0.717, 1.165) is 17.2 Å². The van der Waals surface area contributed by atoms with Crippen LogP contribution >= 0.6 is 0 Å². The molecule has 0 fully saturated rings. The Kier molecular flexibility index (Phi) is 5.48. The normalized spacial score (nSPS) is 9.71. The lowest BCUT2D eigenvalue weighted by molar-refractivity contribution is 0.284. The summed E-state index contributed by atoms with van der Waals surface area (Å²) in [4.78, 5) is 0. The number of nitrogens with zero attached hydrogens (tertiary/aromatic N) is 1. The van der Waals surface area contributed by atoms with Gasteiger partial charge in [0.25, 0.3) is 0 Å². The van der Waals surface area contributed by atoms with Crippen LogP contribution in [0, 0.1) is 11.3 Å². The monoisotopic (exact) mass is 282 g/mol. The summed E-state index contributed by atoms with van der Waals surface area (Å²) >= 11 is 0. The molecule has 1 N–H and O–H groups in total. The lowest BCUT2D eigenvalue weighted by Gasteiger charge is -2.12. The molecule has 0 saturated carbocycles. The summed E-state index contributed by atoms with van der Waals surface area (Å²) < 4.78 is 11.2. The average molecular weight is 282 g/mol. The topological polar surface area (TPSA) is 54.3 Å². The first-order valence-corrected chi connectivity index (χ1v) is 6.92. The molecule has 0 unspecified atom stereocenters. The third kappa shape index (κ3) is 4.43. The molecule has 0 aliphatic rings. The number of hydrogen-bond acceptors (Lipinski definition) is 4. The van der Waals surface area contributed by atoms with E-state index in [4.69, 9.17) is 14.7 Å². The molecule has 21 heavy (non-hydrogen) atoms. The first-order chi connectivity index (χ1) is 10.3. The van der Waals surface area contributed by atoms with E-state index < -0.39 is 0 Å². The van der Waals surface area contributed by atoms with Crippen molar-refractivity contribution >= 4 is 5.69 Å². The lowest BCUT2D eigenvalue weighted by Crippen LogP contribution is -2.12. The Bertz CT molecular complexity index is 603. The van der Waals surface area contributed by atoms with E-state index in [1.165, 1.54) is 0 Å². The Morgan fingerprint density at radius 1 is 1.00 bits per heavy atom. The molecule has 0 bridgehead atoms. The Labute approximate surface area is 124 Å². The summed E-state index contributed by atoms with van der Waals surface area (Å²) in [5.74, 6) is 1.51. The minimum Gasteiger partial charge on any atom is -0.490 e. The van der Waals surface area contributed by atoms with Gasteiger partial charge in [0.05, 0.1) is 18.2 Å². The van der Waals surface area contributed by atoms with Gasteiger partial charge in [-0.05, 0) is 43.3 Å². The number of nitrogens with one attached hydrogen (secondary N) is 1. The molecule has 0 saturated heterocycles. The number of hydrogen-bond donors (Lipinski definition) is 1. The van der Waals surface area contributed by atoms with Crippen LogP contribution in [0.5, 0.6) is 11.5 Å². The molecule has 0 radical (unpaired) electrons. The fourth-order valence-corrected chi connectivity index (χ4v) is 1.86. The van der Waals surface area contributed by atoms with E-state index >= 15 is 0 Å². The fraction of sp³-hybridized carbons (Fsp3) is 0.235. The highest BCUT2D eigenvalue weighted by Gasteiger charge is 2.02. The maximum absolute atomic E-state index is 8.74. The summed E-state index contributed by atoms with van der Waals surface area (Å²) in [6.07, 6.45) is 0. The number of nitriles is 1. The first kappa shape index (κ1) is 14.7. The van der Waals surface area contributed by atoms with Crippen LogP contribution in [0.2, 0.25) is 0 Å². The van der Waals surface area contributed by atoms with Gasteiger partial charge in [0.2, 0.25) is 0 Å². The second-order valence-corrected chi connectivity index (χ2v) is 4.34. The van der Waals surface area contributed by atoms with Gasteiger partial charge in [-0.2, -0.15) is 5.26 Å². The van der Waals surface area contributed by atoms with Gasteiger partial charge in [0.15, 0.2) is 11.5 Å². The van der Waals surface area contributed by atoms with Gasteiger partial charge in [0, 0.05) is 12.2 Å². The van der Waals surface area contributed by atoms with Crippen molar-refractivity contribution in [1.82, 2.24) is 0 Å². The molecule has 0 aliphatic carbocycles. The van der Waals surface area contributed by atoms with Gasteiger partial charge in [-0.1, -0.05) is 12.1 Å². The molecule has 4 nitrogen and oxygen atoms in total. The third-order valence-electron chi connectivity index (χ3n) is 2.85. The van der Waals surface area contributed by atoms with E-state index in [1.807, 2.05) is 43.3 Å². The molecule has 0 spiro atoms. The van der Waals surface area contributed by atoms with Crippen LogP contribution in [0.15, 0.2) is 48.5 Å². The van der Waals surface area contributed by atoms with Crippen molar-refractivity contribution in [3.8, 4) is 17.6 Å². The van der Waals surface area contributed by atoms with E-state index in [-0.39, 0.29) is 0 Å². The predicted octanol–water partition coefficient (Wildman–Crippen LogP) is 3.45. The highest BCUT2D eigenvalue weighted by molar-refractivity contribution is 5.47. The molecule has 108 valence electrons. The average Bonchev–Trinajstić information content (AvgIpc) is 2.54. The number of anilines is 1. The molecule has 0 aliphatic heterocycles. The van der Waals surface area contributed by atoms with Gasteiger partial charge in [-0.3, -0.25) is 0 Å². The Balaban J connectivity index is 1.80. The maximum atomic E-state index is 8.74. The van der Waals surface area contributed by atoms with Crippen LogP contribution in [0.25, 0.3) is 0 Å². The quantitative estimate of drug-likeness (QED) is 0.790. The van der Waals surface area contributed by atoms with Crippen molar-refractivity contribution in [3.05, 3.63) is 54.1 Å². The Hall–Kier alpha value is -2.67. The Morgan fingerprint density at radius 2 is 1.67 bits per heavy atom. The molecule has 0 aromatic heterocycles. The summed E-state index contributed by atoms with van der Waals surface area (Å²) in [6, 6.07) is 17.1. The third-order valence-corrected chi connectivity index (χ3v) is 2.85. The van der Waals surface area contributed by atoms with Gasteiger partial charge >= 0.3 is 0 Å². The molecule has 2 aromatic carbocycles. The molecule has 0 atom stereocenters. The van der Waals surface area contributed by atoms with Crippen molar-refractivity contribution in [2.45, 2.75) is 6.92 Å². The zero-order valence-electron chi connectivity index (χ0n) is 12.0. The van der Waals surface area contributed by atoms with Crippen molar-refractivity contribution < 1.29 is 9.47 Å². The molecular formula is C17H18N2O2. The van der Waals surface area contributed by atoms with Crippen LogP contribution in [0.4, 0.5) is 5.69 Å². The molecular weight excluding hydrogens is 264 g/mol. The highest BCUT2D eigenvalue weighted by Crippen LogP contribution is 2.26. The molecule has 2 rings (SSSR count). The second-order valence-electron chi connectivity index (χ2n) is 4.34. The number of benzene rings is 2. The zero-order chi connectivity index (χ0) is 14.9. The zero-order valence-corrected chi connectivity index (χ0v) is 12.0. The molecule has 0 amide bonds. The number of para-hydroxylation sites is 2. The van der Waals surface area contributed by atoms with Gasteiger partial charge in [0.1, 0.15) is 6.61 Å².